The number of oxime groups is 1. The predicted molar refractivity (Wildman–Crippen MR) is 61.1 cm³/mol. The van der Waals surface area contributed by atoms with Gasteiger partial charge in [-0.05, 0) is 25.0 Å². The standard InChI is InChI=1S/C9H17N3O2S/c10-8(12-14)4-1-5-11-9(13)7-3-2-6-15-7/h7,14H,1-6H2,(H2,10,12)(H,11,13). The molecule has 5 nitrogen and oxygen atoms in total. The van der Waals surface area contributed by atoms with E-state index in [0.717, 1.165) is 18.6 Å². The van der Waals surface area contributed by atoms with Crippen molar-refractivity contribution in [2.45, 2.75) is 30.9 Å². The van der Waals surface area contributed by atoms with Crippen LogP contribution in [-0.4, -0.2) is 34.5 Å². The summed E-state index contributed by atoms with van der Waals surface area (Å²) >= 11 is 1.72. The largest absolute Gasteiger partial charge is 0.409 e. The number of carbonyl (C=O) groups excluding carboxylic acids is 1. The van der Waals surface area contributed by atoms with Crippen molar-refractivity contribution in [1.82, 2.24) is 5.32 Å². The van der Waals surface area contributed by atoms with Gasteiger partial charge in [-0.2, -0.15) is 0 Å². The summed E-state index contributed by atoms with van der Waals surface area (Å²) in [6.07, 6.45) is 3.33. The molecule has 0 aromatic heterocycles. The van der Waals surface area contributed by atoms with Gasteiger partial charge in [0.15, 0.2) is 0 Å². The molecule has 0 spiro atoms. The van der Waals surface area contributed by atoms with E-state index >= 15 is 0 Å². The Morgan fingerprint density at radius 1 is 1.67 bits per heavy atom. The van der Waals surface area contributed by atoms with E-state index in [1.807, 2.05) is 0 Å². The van der Waals surface area contributed by atoms with Crippen molar-refractivity contribution in [2.24, 2.45) is 10.9 Å². The lowest BCUT2D eigenvalue weighted by atomic mass is 10.2. The van der Waals surface area contributed by atoms with Gasteiger partial charge < -0.3 is 16.3 Å². The molecular formula is C9H17N3O2S. The van der Waals surface area contributed by atoms with Gasteiger partial charge in [0, 0.05) is 13.0 Å². The second-order valence-corrected chi connectivity index (χ2v) is 4.80. The first-order chi connectivity index (χ1) is 7.24. The molecule has 0 aromatic rings. The molecule has 1 saturated heterocycles. The van der Waals surface area contributed by atoms with Crippen molar-refractivity contribution < 1.29 is 10.0 Å². The average Bonchev–Trinajstić information content (AvgIpc) is 2.77. The van der Waals surface area contributed by atoms with Crippen molar-refractivity contribution in [3.8, 4) is 0 Å². The molecule has 4 N–H and O–H groups in total. The molecule has 1 rings (SSSR count). The van der Waals surface area contributed by atoms with E-state index in [-0.39, 0.29) is 17.0 Å². The highest BCUT2D eigenvalue weighted by Gasteiger charge is 2.22. The fraction of sp³-hybridized carbons (Fsp3) is 0.778. The summed E-state index contributed by atoms with van der Waals surface area (Å²) < 4.78 is 0. The maximum Gasteiger partial charge on any atom is 0.233 e. The van der Waals surface area contributed by atoms with Gasteiger partial charge >= 0.3 is 0 Å². The van der Waals surface area contributed by atoms with E-state index in [1.54, 1.807) is 11.8 Å². The zero-order valence-corrected chi connectivity index (χ0v) is 9.42. The molecule has 1 unspecified atom stereocenters. The topological polar surface area (TPSA) is 87.7 Å². The summed E-state index contributed by atoms with van der Waals surface area (Å²) in [5, 5.41) is 14.1. The number of hydrogen-bond donors (Lipinski definition) is 3. The summed E-state index contributed by atoms with van der Waals surface area (Å²) in [6.45, 7) is 0.589. The lowest BCUT2D eigenvalue weighted by molar-refractivity contribution is -0.120. The average molecular weight is 231 g/mol. The van der Waals surface area contributed by atoms with Crippen LogP contribution in [0.15, 0.2) is 5.16 Å². The van der Waals surface area contributed by atoms with E-state index in [2.05, 4.69) is 10.5 Å². The highest BCUT2D eigenvalue weighted by Crippen LogP contribution is 2.25. The molecule has 1 heterocycles. The highest BCUT2D eigenvalue weighted by atomic mass is 32.2. The Hall–Kier alpha value is -0.910. The molecule has 1 amide bonds. The Bertz CT molecular complexity index is 240. The van der Waals surface area contributed by atoms with E-state index < -0.39 is 0 Å². The van der Waals surface area contributed by atoms with Gasteiger partial charge in [-0.1, -0.05) is 5.16 Å². The Balaban J connectivity index is 2.06. The minimum Gasteiger partial charge on any atom is -0.409 e. The van der Waals surface area contributed by atoms with Crippen molar-refractivity contribution >= 4 is 23.5 Å². The zero-order valence-electron chi connectivity index (χ0n) is 8.61. The molecule has 0 radical (unpaired) electrons. The van der Waals surface area contributed by atoms with Crippen LogP contribution in [0.3, 0.4) is 0 Å². The van der Waals surface area contributed by atoms with Gasteiger partial charge in [-0.15, -0.1) is 11.8 Å². The first-order valence-corrected chi connectivity index (χ1v) is 6.14. The summed E-state index contributed by atoms with van der Waals surface area (Å²) in [7, 11) is 0. The van der Waals surface area contributed by atoms with Crippen LogP contribution in [0.2, 0.25) is 0 Å². The van der Waals surface area contributed by atoms with Crippen molar-refractivity contribution in [2.75, 3.05) is 12.3 Å². The maximum atomic E-state index is 11.5. The fourth-order valence-corrected chi connectivity index (χ4v) is 2.62. The van der Waals surface area contributed by atoms with Crippen molar-refractivity contribution in [3.05, 3.63) is 0 Å². The number of carbonyl (C=O) groups is 1. The molecule has 0 bridgehead atoms. The quantitative estimate of drug-likeness (QED) is 0.212. The van der Waals surface area contributed by atoms with E-state index in [4.69, 9.17) is 10.9 Å². The summed E-state index contributed by atoms with van der Waals surface area (Å²) in [4.78, 5) is 11.5. The van der Waals surface area contributed by atoms with Crippen LogP contribution >= 0.6 is 11.8 Å². The number of nitrogens with one attached hydrogen (secondary N) is 1. The number of amidine groups is 1. The lowest BCUT2D eigenvalue weighted by Crippen LogP contribution is -2.32. The molecule has 1 fully saturated rings. The van der Waals surface area contributed by atoms with Crippen LogP contribution < -0.4 is 11.1 Å². The lowest BCUT2D eigenvalue weighted by Gasteiger charge is -2.09. The number of amides is 1. The first-order valence-electron chi connectivity index (χ1n) is 5.09. The number of hydrogen-bond acceptors (Lipinski definition) is 4. The molecule has 1 aliphatic rings. The van der Waals surface area contributed by atoms with Gasteiger partial charge in [0.2, 0.25) is 5.91 Å². The third-order valence-electron chi connectivity index (χ3n) is 2.26. The van der Waals surface area contributed by atoms with Gasteiger partial charge in [-0.25, -0.2) is 0 Å². The van der Waals surface area contributed by atoms with E-state index in [0.29, 0.717) is 19.4 Å². The van der Waals surface area contributed by atoms with Crippen LogP contribution in [-0.2, 0) is 4.79 Å². The van der Waals surface area contributed by atoms with Crippen LogP contribution in [0.1, 0.15) is 25.7 Å². The van der Waals surface area contributed by atoms with Crippen molar-refractivity contribution in [3.63, 3.8) is 0 Å². The number of rotatable bonds is 5. The van der Waals surface area contributed by atoms with Gasteiger partial charge in [0.05, 0.1) is 5.25 Å². The third kappa shape index (κ3) is 4.42. The molecule has 86 valence electrons. The molecule has 1 atom stereocenters. The van der Waals surface area contributed by atoms with Crippen LogP contribution in [0.5, 0.6) is 0 Å². The van der Waals surface area contributed by atoms with E-state index in [9.17, 15) is 4.79 Å². The van der Waals surface area contributed by atoms with Crippen LogP contribution in [0, 0.1) is 0 Å². The summed E-state index contributed by atoms with van der Waals surface area (Å²) in [6, 6.07) is 0. The summed E-state index contributed by atoms with van der Waals surface area (Å²) in [5.74, 6) is 1.42. The van der Waals surface area contributed by atoms with Gasteiger partial charge in [-0.3, -0.25) is 4.79 Å². The Labute approximate surface area is 93.5 Å². The smallest absolute Gasteiger partial charge is 0.233 e. The minimum atomic E-state index is 0.122. The van der Waals surface area contributed by atoms with E-state index in [1.165, 1.54) is 0 Å². The molecule has 15 heavy (non-hydrogen) atoms. The molecule has 0 aromatic carbocycles. The first kappa shape index (κ1) is 12.2. The zero-order chi connectivity index (χ0) is 11.1. The number of thioether (sulfide) groups is 1. The van der Waals surface area contributed by atoms with Crippen molar-refractivity contribution in [1.29, 1.82) is 0 Å². The van der Waals surface area contributed by atoms with Crippen LogP contribution in [0.4, 0.5) is 0 Å². The fourth-order valence-electron chi connectivity index (χ4n) is 1.43. The second kappa shape index (κ2) is 6.55. The predicted octanol–water partition coefficient (Wildman–Crippen LogP) is 0.525. The van der Waals surface area contributed by atoms with Gasteiger partial charge in [0.25, 0.3) is 0 Å². The third-order valence-corrected chi connectivity index (χ3v) is 3.64. The number of nitrogens with two attached hydrogens (primary N) is 1. The summed E-state index contributed by atoms with van der Waals surface area (Å²) in [5.41, 5.74) is 5.30. The normalized spacial score (nSPS) is 21.6. The molecule has 0 saturated carbocycles. The molecular weight excluding hydrogens is 214 g/mol. The Morgan fingerprint density at radius 2 is 2.47 bits per heavy atom. The minimum absolute atomic E-state index is 0.122. The SMILES string of the molecule is NC(CCCNC(=O)C1CCCS1)=NO. The molecule has 1 aliphatic heterocycles. The number of nitrogens with zero attached hydrogens (tertiary/aromatic N) is 1. The Morgan fingerprint density at radius 3 is 3.07 bits per heavy atom. The molecule has 0 aliphatic carbocycles. The van der Waals surface area contributed by atoms with Crippen LogP contribution in [0.25, 0.3) is 0 Å². The second-order valence-electron chi connectivity index (χ2n) is 3.49. The highest BCUT2D eigenvalue weighted by molar-refractivity contribution is 8.00. The molecule has 6 heteroatoms. The monoisotopic (exact) mass is 231 g/mol. The van der Waals surface area contributed by atoms with Gasteiger partial charge in [0.1, 0.15) is 5.84 Å². The maximum absolute atomic E-state index is 11.5. The Kier molecular flexibility index (Phi) is 5.31.